The zero-order valence-electron chi connectivity index (χ0n) is 18.8. The lowest BCUT2D eigenvalue weighted by Gasteiger charge is -2.36. The topological polar surface area (TPSA) is 74.2 Å². The molecule has 2 rings (SSSR count). The third kappa shape index (κ3) is 8.25. The molecule has 1 aliphatic heterocycles. The Bertz CT molecular complexity index is 744. The molecule has 0 saturated carbocycles. The second-order valence-corrected chi connectivity index (χ2v) is 11.2. The number of guanidine groups is 1. The molecule has 0 spiro atoms. The summed E-state index contributed by atoms with van der Waals surface area (Å²) in [5.74, 6) is 0.895. The van der Waals surface area contributed by atoms with Crippen molar-refractivity contribution in [3.63, 3.8) is 0 Å². The van der Waals surface area contributed by atoms with Crippen LogP contribution in [0.1, 0.15) is 39.5 Å². The molecule has 1 saturated heterocycles. The minimum atomic E-state index is -3.28. The van der Waals surface area contributed by atoms with Crippen LogP contribution >= 0.6 is 35.3 Å². The van der Waals surface area contributed by atoms with Crippen LogP contribution in [0.25, 0.3) is 0 Å². The molecule has 10 heteroatoms. The summed E-state index contributed by atoms with van der Waals surface area (Å²) in [5, 5.41) is 5.46. The molecule has 174 valence electrons. The van der Waals surface area contributed by atoms with Gasteiger partial charge in [-0.1, -0.05) is 19.9 Å². The molecular formula is C20H37IN4O3S2. The Kier molecular flexibility index (Phi) is 11.6. The van der Waals surface area contributed by atoms with Gasteiger partial charge in [0.2, 0.25) is 10.0 Å². The highest BCUT2D eigenvalue weighted by Gasteiger charge is 2.28. The molecule has 1 aromatic heterocycles. The van der Waals surface area contributed by atoms with Crippen molar-refractivity contribution < 1.29 is 13.2 Å². The van der Waals surface area contributed by atoms with E-state index in [9.17, 15) is 8.42 Å². The Hall–Kier alpha value is -0.430. The van der Waals surface area contributed by atoms with Crippen molar-refractivity contribution in [2.75, 3.05) is 51.6 Å². The van der Waals surface area contributed by atoms with Crippen LogP contribution in [-0.2, 0) is 20.2 Å². The van der Waals surface area contributed by atoms with Gasteiger partial charge in [-0.2, -0.15) is 4.31 Å². The first kappa shape index (κ1) is 27.6. The Morgan fingerprint density at radius 1 is 1.30 bits per heavy atom. The number of hydrogen-bond acceptors (Lipinski definition) is 5. The van der Waals surface area contributed by atoms with E-state index in [1.165, 1.54) is 4.88 Å². The molecule has 0 amide bonds. The van der Waals surface area contributed by atoms with Gasteiger partial charge in [0.15, 0.2) is 5.96 Å². The Labute approximate surface area is 203 Å². The predicted molar refractivity (Wildman–Crippen MR) is 137 cm³/mol. The second kappa shape index (κ2) is 12.6. The molecule has 0 aliphatic carbocycles. The largest absolute Gasteiger partial charge is 0.378 e. The van der Waals surface area contributed by atoms with E-state index in [0.29, 0.717) is 32.7 Å². The van der Waals surface area contributed by atoms with Crippen molar-refractivity contribution in [3.05, 3.63) is 22.4 Å². The number of thiophene rings is 1. The molecule has 1 aromatic rings. The van der Waals surface area contributed by atoms with Gasteiger partial charge < -0.3 is 15.0 Å². The third-order valence-corrected chi connectivity index (χ3v) is 7.94. The summed E-state index contributed by atoms with van der Waals surface area (Å²) in [6.07, 6.45) is 0.0411. The lowest BCUT2D eigenvalue weighted by atomic mass is 9.92. The van der Waals surface area contributed by atoms with E-state index in [-0.39, 0.29) is 47.9 Å². The van der Waals surface area contributed by atoms with E-state index in [4.69, 9.17) is 9.73 Å². The van der Waals surface area contributed by atoms with Crippen LogP contribution in [0, 0.1) is 0 Å². The Morgan fingerprint density at radius 2 is 1.97 bits per heavy atom. The molecule has 30 heavy (non-hydrogen) atoms. The minimum absolute atomic E-state index is 0. The summed E-state index contributed by atoms with van der Waals surface area (Å²) >= 11 is 1.75. The van der Waals surface area contributed by atoms with Crippen LogP contribution in [0.15, 0.2) is 22.5 Å². The number of halogens is 1. The number of sulfonamides is 1. The molecule has 0 radical (unpaired) electrons. The molecule has 0 bridgehead atoms. The normalized spacial score (nSPS) is 16.6. The summed E-state index contributed by atoms with van der Waals surface area (Å²) in [5.41, 5.74) is -0.0313. The van der Waals surface area contributed by atoms with Gasteiger partial charge in [0.25, 0.3) is 0 Å². The molecule has 1 N–H and O–H groups in total. The molecule has 1 fully saturated rings. The average Bonchev–Trinajstić information content (AvgIpc) is 3.20. The molecule has 0 aromatic carbocycles. The quantitative estimate of drug-likeness (QED) is 0.280. The summed E-state index contributed by atoms with van der Waals surface area (Å²) in [4.78, 5) is 8.34. The molecule has 2 heterocycles. The highest BCUT2D eigenvalue weighted by molar-refractivity contribution is 14.0. The van der Waals surface area contributed by atoms with Crippen molar-refractivity contribution in [3.8, 4) is 0 Å². The maximum atomic E-state index is 12.5. The number of rotatable bonds is 9. The SMILES string of the molecule is CCNC(=NCC(C)(C)c1cccs1)N1CCN(S(=O)(=O)CCOC(C)C)CC1.I. The standard InChI is InChI=1S/C20H36N4O3S2.HI/c1-6-21-19(22-16-20(4,5)18-8-7-14-28-18)23-9-11-24(12-10-23)29(25,26)15-13-27-17(2)3;/h7-8,14,17H,6,9-13,15-16H2,1-5H3,(H,21,22);1H. The van der Waals surface area contributed by atoms with Gasteiger partial charge in [0.05, 0.1) is 25.0 Å². The van der Waals surface area contributed by atoms with Crippen LogP contribution in [0.3, 0.4) is 0 Å². The maximum Gasteiger partial charge on any atom is 0.216 e. The molecule has 0 atom stereocenters. The number of nitrogens with zero attached hydrogens (tertiary/aromatic N) is 3. The van der Waals surface area contributed by atoms with E-state index in [1.54, 1.807) is 15.6 Å². The third-order valence-electron chi connectivity index (χ3n) is 4.87. The maximum absolute atomic E-state index is 12.5. The van der Waals surface area contributed by atoms with Crippen LogP contribution < -0.4 is 5.32 Å². The predicted octanol–water partition coefficient (Wildman–Crippen LogP) is 2.98. The zero-order chi connectivity index (χ0) is 21.5. The summed E-state index contributed by atoms with van der Waals surface area (Å²) in [7, 11) is -3.28. The lowest BCUT2D eigenvalue weighted by molar-refractivity contribution is 0.0904. The van der Waals surface area contributed by atoms with Crippen molar-refractivity contribution in [1.82, 2.24) is 14.5 Å². The first-order valence-electron chi connectivity index (χ1n) is 10.3. The van der Waals surface area contributed by atoms with E-state index in [2.05, 4.69) is 48.5 Å². The fourth-order valence-electron chi connectivity index (χ4n) is 3.14. The van der Waals surface area contributed by atoms with E-state index >= 15 is 0 Å². The average molecular weight is 573 g/mol. The smallest absolute Gasteiger partial charge is 0.216 e. The van der Waals surface area contributed by atoms with Gasteiger partial charge >= 0.3 is 0 Å². The van der Waals surface area contributed by atoms with Crippen molar-refractivity contribution in [2.45, 2.75) is 46.1 Å². The number of hydrogen-bond donors (Lipinski definition) is 1. The summed E-state index contributed by atoms with van der Waals surface area (Å²) < 4.78 is 32.1. The van der Waals surface area contributed by atoms with E-state index < -0.39 is 10.0 Å². The first-order valence-corrected chi connectivity index (χ1v) is 12.8. The lowest BCUT2D eigenvalue weighted by Crippen LogP contribution is -2.54. The van der Waals surface area contributed by atoms with Gasteiger partial charge in [-0.15, -0.1) is 35.3 Å². The Balaban J connectivity index is 0.00000450. The fraction of sp³-hybridized carbons (Fsp3) is 0.750. The van der Waals surface area contributed by atoms with Crippen molar-refractivity contribution >= 4 is 51.3 Å². The van der Waals surface area contributed by atoms with Gasteiger partial charge in [-0.25, -0.2) is 8.42 Å². The zero-order valence-corrected chi connectivity index (χ0v) is 22.7. The summed E-state index contributed by atoms with van der Waals surface area (Å²) in [6.45, 7) is 14.2. The van der Waals surface area contributed by atoms with Crippen LogP contribution in [0.2, 0.25) is 0 Å². The molecular weight excluding hydrogens is 535 g/mol. The first-order chi connectivity index (χ1) is 13.7. The highest BCUT2D eigenvalue weighted by atomic mass is 127. The fourth-order valence-corrected chi connectivity index (χ4v) is 5.27. The highest BCUT2D eigenvalue weighted by Crippen LogP contribution is 2.27. The summed E-state index contributed by atoms with van der Waals surface area (Å²) in [6, 6.07) is 4.22. The monoisotopic (exact) mass is 572 g/mol. The minimum Gasteiger partial charge on any atom is -0.378 e. The molecule has 7 nitrogen and oxygen atoms in total. The van der Waals surface area contributed by atoms with E-state index in [1.807, 2.05) is 13.8 Å². The number of aliphatic imine (C=N–C) groups is 1. The van der Waals surface area contributed by atoms with Crippen LogP contribution in [0.4, 0.5) is 0 Å². The van der Waals surface area contributed by atoms with Gasteiger partial charge in [-0.3, -0.25) is 4.99 Å². The van der Waals surface area contributed by atoms with Crippen LogP contribution in [-0.4, -0.2) is 81.3 Å². The number of ether oxygens (including phenoxy) is 1. The molecule has 0 unspecified atom stereocenters. The van der Waals surface area contributed by atoms with Gasteiger partial charge in [-0.05, 0) is 32.2 Å². The number of nitrogens with one attached hydrogen (secondary N) is 1. The second-order valence-electron chi connectivity index (χ2n) is 8.15. The van der Waals surface area contributed by atoms with Crippen molar-refractivity contribution in [1.29, 1.82) is 0 Å². The van der Waals surface area contributed by atoms with Gasteiger partial charge in [0.1, 0.15) is 0 Å². The molecule has 1 aliphatic rings. The van der Waals surface area contributed by atoms with Gasteiger partial charge in [0, 0.05) is 43.0 Å². The number of piperazine rings is 1. The van der Waals surface area contributed by atoms with E-state index in [0.717, 1.165) is 12.5 Å². The van der Waals surface area contributed by atoms with Crippen LogP contribution in [0.5, 0.6) is 0 Å². The Morgan fingerprint density at radius 3 is 2.50 bits per heavy atom. The van der Waals surface area contributed by atoms with Crippen molar-refractivity contribution in [2.24, 2.45) is 4.99 Å².